The number of aryl methyl sites for hydroxylation is 1. The molecular weight excluding hydrogens is 262 g/mol. The zero-order valence-electron chi connectivity index (χ0n) is 10.5. The third kappa shape index (κ3) is 3.96. The lowest BCUT2D eigenvalue weighted by Crippen LogP contribution is -2.19. The van der Waals surface area contributed by atoms with E-state index in [1.54, 1.807) is 12.1 Å². The number of benzene rings is 1. The molecule has 0 saturated carbocycles. The standard InChI is InChI=1S/C14H14ClN3O/c1-2-10-3-6-12(7-4-10)17-14(19)18-13-8-5-11(15)9-16-13/h3-9H,2H2,1H3,(H2,16,17,18,19). The summed E-state index contributed by atoms with van der Waals surface area (Å²) in [4.78, 5) is 15.7. The number of nitrogens with zero attached hydrogens (tertiary/aromatic N) is 1. The maximum absolute atomic E-state index is 11.7. The van der Waals surface area contributed by atoms with Crippen molar-refractivity contribution < 1.29 is 4.79 Å². The lowest BCUT2D eigenvalue weighted by atomic mass is 10.1. The number of urea groups is 1. The number of pyridine rings is 1. The summed E-state index contributed by atoms with van der Waals surface area (Å²) in [6.45, 7) is 2.08. The number of nitrogens with one attached hydrogen (secondary N) is 2. The molecule has 2 rings (SSSR count). The fourth-order valence-electron chi connectivity index (χ4n) is 1.55. The monoisotopic (exact) mass is 275 g/mol. The van der Waals surface area contributed by atoms with E-state index in [1.807, 2.05) is 24.3 Å². The number of amides is 2. The van der Waals surface area contributed by atoms with Gasteiger partial charge in [-0.05, 0) is 36.2 Å². The summed E-state index contributed by atoms with van der Waals surface area (Å²) in [5.41, 5.74) is 1.97. The van der Waals surface area contributed by atoms with Crippen molar-refractivity contribution >= 4 is 29.1 Å². The van der Waals surface area contributed by atoms with Crippen LogP contribution < -0.4 is 10.6 Å². The number of rotatable bonds is 3. The SMILES string of the molecule is CCc1ccc(NC(=O)Nc2ccc(Cl)cn2)cc1. The molecule has 2 N–H and O–H groups in total. The van der Waals surface area contributed by atoms with E-state index in [1.165, 1.54) is 11.8 Å². The average molecular weight is 276 g/mol. The van der Waals surface area contributed by atoms with Gasteiger partial charge in [0.25, 0.3) is 0 Å². The van der Waals surface area contributed by atoms with Crippen LogP contribution >= 0.6 is 11.6 Å². The van der Waals surface area contributed by atoms with E-state index in [4.69, 9.17) is 11.6 Å². The first-order valence-corrected chi connectivity index (χ1v) is 6.33. The Kier molecular flexibility index (Phi) is 4.36. The predicted octanol–water partition coefficient (Wildman–Crippen LogP) is 3.94. The van der Waals surface area contributed by atoms with Gasteiger partial charge in [0, 0.05) is 11.9 Å². The largest absolute Gasteiger partial charge is 0.324 e. The van der Waals surface area contributed by atoms with Crippen LogP contribution in [0.2, 0.25) is 5.02 Å². The number of carbonyl (C=O) groups excluding carboxylic acids is 1. The van der Waals surface area contributed by atoms with Gasteiger partial charge in [0.1, 0.15) is 5.82 Å². The topological polar surface area (TPSA) is 54.0 Å². The summed E-state index contributed by atoms with van der Waals surface area (Å²) >= 11 is 5.72. The maximum Gasteiger partial charge on any atom is 0.324 e. The minimum absolute atomic E-state index is 0.334. The minimum Gasteiger partial charge on any atom is -0.308 e. The van der Waals surface area contributed by atoms with Crippen LogP contribution in [0.1, 0.15) is 12.5 Å². The van der Waals surface area contributed by atoms with E-state index in [2.05, 4.69) is 22.5 Å². The molecule has 1 heterocycles. The molecular formula is C14H14ClN3O. The van der Waals surface area contributed by atoms with E-state index in [-0.39, 0.29) is 6.03 Å². The molecule has 0 saturated heterocycles. The van der Waals surface area contributed by atoms with Gasteiger partial charge in [0.15, 0.2) is 0 Å². The normalized spacial score (nSPS) is 10.0. The zero-order valence-corrected chi connectivity index (χ0v) is 11.2. The summed E-state index contributed by atoms with van der Waals surface area (Å²) in [7, 11) is 0. The van der Waals surface area contributed by atoms with Gasteiger partial charge in [0.05, 0.1) is 5.02 Å². The summed E-state index contributed by atoms with van der Waals surface area (Å²) in [5.74, 6) is 0.451. The Morgan fingerprint density at radius 1 is 1.16 bits per heavy atom. The van der Waals surface area contributed by atoms with E-state index < -0.39 is 0 Å². The molecule has 2 amide bonds. The Morgan fingerprint density at radius 3 is 2.47 bits per heavy atom. The van der Waals surface area contributed by atoms with Crippen LogP contribution in [0.4, 0.5) is 16.3 Å². The third-order valence-corrected chi connectivity index (χ3v) is 2.81. The van der Waals surface area contributed by atoms with E-state index >= 15 is 0 Å². The highest BCUT2D eigenvalue weighted by Crippen LogP contribution is 2.12. The molecule has 0 fully saturated rings. The molecule has 98 valence electrons. The van der Waals surface area contributed by atoms with Gasteiger partial charge in [-0.25, -0.2) is 9.78 Å². The molecule has 0 atom stereocenters. The molecule has 0 unspecified atom stereocenters. The van der Waals surface area contributed by atoms with Crippen molar-refractivity contribution in [3.63, 3.8) is 0 Å². The van der Waals surface area contributed by atoms with Crippen molar-refractivity contribution in [2.45, 2.75) is 13.3 Å². The zero-order chi connectivity index (χ0) is 13.7. The van der Waals surface area contributed by atoms with Crippen LogP contribution in [0, 0.1) is 0 Å². The number of carbonyl (C=O) groups is 1. The first-order chi connectivity index (χ1) is 9.17. The van der Waals surface area contributed by atoms with Crippen LogP contribution in [0.15, 0.2) is 42.6 Å². The van der Waals surface area contributed by atoms with Gasteiger partial charge in [-0.3, -0.25) is 5.32 Å². The first kappa shape index (κ1) is 13.4. The average Bonchev–Trinajstić information content (AvgIpc) is 2.42. The second-order valence-electron chi connectivity index (χ2n) is 3.99. The molecule has 5 heteroatoms. The van der Waals surface area contributed by atoms with Gasteiger partial charge in [-0.15, -0.1) is 0 Å². The lowest BCUT2D eigenvalue weighted by molar-refractivity contribution is 0.262. The molecule has 0 radical (unpaired) electrons. The second kappa shape index (κ2) is 6.20. The second-order valence-corrected chi connectivity index (χ2v) is 4.43. The van der Waals surface area contributed by atoms with Crippen molar-refractivity contribution in [3.8, 4) is 0 Å². The number of hydrogen-bond acceptors (Lipinski definition) is 2. The van der Waals surface area contributed by atoms with Crippen LogP contribution in [0.25, 0.3) is 0 Å². The molecule has 2 aromatic rings. The van der Waals surface area contributed by atoms with Gasteiger partial charge >= 0.3 is 6.03 Å². The van der Waals surface area contributed by atoms with E-state index in [9.17, 15) is 4.79 Å². The number of hydrogen-bond donors (Lipinski definition) is 2. The van der Waals surface area contributed by atoms with Crippen molar-refractivity contribution in [2.24, 2.45) is 0 Å². The first-order valence-electron chi connectivity index (χ1n) is 5.96. The predicted molar refractivity (Wildman–Crippen MR) is 77.7 cm³/mol. The quantitative estimate of drug-likeness (QED) is 0.891. The fourth-order valence-corrected chi connectivity index (χ4v) is 1.66. The number of anilines is 2. The highest BCUT2D eigenvalue weighted by molar-refractivity contribution is 6.30. The van der Waals surface area contributed by atoms with Gasteiger partial charge in [0.2, 0.25) is 0 Å². The Morgan fingerprint density at radius 2 is 1.89 bits per heavy atom. The van der Waals surface area contributed by atoms with E-state index in [0.29, 0.717) is 10.8 Å². The number of halogens is 1. The fraction of sp³-hybridized carbons (Fsp3) is 0.143. The molecule has 0 aliphatic carbocycles. The molecule has 0 aliphatic heterocycles. The summed E-state index contributed by atoms with van der Waals surface area (Å²) in [5, 5.41) is 5.89. The van der Waals surface area contributed by atoms with Crippen LogP contribution in [0.3, 0.4) is 0 Å². The van der Waals surface area contributed by atoms with Crippen LogP contribution in [0.5, 0.6) is 0 Å². The minimum atomic E-state index is -0.334. The molecule has 19 heavy (non-hydrogen) atoms. The van der Waals surface area contributed by atoms with Crippen molar-refractivity contribution in [2.75, 3.05) is 10.6 Å². The Balaban J connectivity index is 1.95. The van der Waals surface area contributed by atoms with Crippen molar-refractivity contribution in [1.29, 1.82) is 0 Å². The molecule has 0 bridgehead atoms. The van der Waals surface area contributed by atoms with Crippen molar-refractivity contribution in [3.05, 3.63) is 53.2 Å². The summed E-state index contributed by atoms with van der Waals surface area (Å²) in [6, 6.07) is 10.7. The molecule has 1 aromatic carbocycles. The summed E-state index contributed by atoms with van der Waals surface area (Å²) in [6.07, 6.45) is 2.45. The maximum atomic E-state index is 11.7. The summed E-state index contributed by atoms with van der Waals surface area (Å²) < 4.78 is 0. The molecule has 0 aliphatic rings. The highest BCUT2D eigenvalue weighted by atomic mass is 35.5. The molecule has 0 spiro atoms. The third-order valence-electron chi connectivity index (χ3n) is 2.59. The van der Waals surface area contributed by atoms with Crippen LogP contribution in [-0.4, -0.2) is 11.0 Å². The van der Waals surface area contributed by atoms with Gasteiger partial charge < -0.3 is 5.32 Å². The smallest absolute Gasteiger partial charge is 0.308 e. The molecule has 1 aromatic heterocycles. The van der Waals surface area contributed by atoms with Gasteiger partial charge in [-0.2, -0.15) is 0 Å². The van der Waals surface area contributed by atoms with Gasteiger partial charge in [-0.1, -0.05) is 30.7 Å². The van der Waals surface area contributed by atoms with Crippen molar-refractivity contribution in [1.82, 2.24) is 4.98 Å². The highest BCUT2D eigenvalue weighted by Gasteiger charge is 2.03. The Bertz CT molecular complexity index is 552. The van der Waals surface area contributed by atoms with Crippen LogP contribution in [-0.2, 0) is 6.42 Å². The Labute approximate surface area is 116 Å². The Hall–Kier alpha value is -2.07. The molecule has 4 nitrogen and oxygen atoms in total. The van der Waals surface area contributed by atoms with E-state index in [0.717, 1.165) is 12.1 Å². The number of aromatic nitrogens is 1. The lowest BCUT2D eigenvalue weighted by Gasteiger charge is -2.07.